The van der Waals surface area contributed by atoms with Crippen molar-refractivity contribution in [2.45, 2.75) is 16.7 Å². The van der Waals surface area contributed by atoms with E-state index in [0.29, 0.717) is 5.25 Å². The van der Waals surface area contributed by atoms with Gasteiger partial charge < -0.3 is 9.13 Å². The lowest BCUT2D eigenvalue weighted by atomic mass is 9.87. The van der Waals surface area contributed by atoms with Gasteiger partial charge in [0.05, 0.1) is 27.4 Å². The molecule has 4 heteroatoms. The van der Waals surface area contributed by atoms with Gasteiger partial charge in [0.1, 0.15) is 0 Å². The van der Waals surface area contributed by atoms with Crippen LogP contribution in [-0.2, 0) is 0 Å². The number of rotatable bonds is 3. The number of aromatic nitrogens is 2. The van der Waals surface area contributed by atoms with Gasteiger partial charge in [-0.2, -0.15) is 0 Å². The predicted octanol–water partition coefficient (Wildman–Crippen LogP) is 12.7. The zero-order valence-corrected chi connectivity index (χ0v) is 29.6. The number of fused-ring (bicyclic) bond motifs is 13. The number of hydrogen-bond donors (Lipinski definition) is 1. The minimum atomic E-state index is 0.257. The van der Waals surface area contributed by atoms with Crippen molar-refractivity contribution in [2.75, 3.05) is 0 Å². The van der Waals surface area contributed by atoms with E-state index < -0.39 is 0 Å². The fourth-order valence-electron chi connectivity index (χ4n) is 9.31. The van der Waals surface area contributed by atoms with Gasteiger partial charge in [-0.1, -0.05) is 127 Å². The van der Waals surface area contributed by atoms with Crippen LogP contribution < -0.4 is 5.32 Å². The Kier molecular flexibility index (Phi) is 6.24. The van der Waals surface area contributed by atoms with Gasteiger partial charge in [-0.15, -0.1) is 11.8 Å². The maximum absolute atomic E-state index is 4.02. The van der Waals surface area contributed by atoms with Crippen molar-refractivity contribution in [3.8, 4) is 11.4 Å². The van der Waals surface area contributed by atoms with E-state index in [2.05, 4.69) is 190 Å². The molecule has 3 unspecified atom stereocenters. The summed E-state index contributed by atoms with van der Waals surface area (Å²) in [5.74, 6) is 0. The van der Waals surface area contributed by atoms with Crippen molar-refractivity contribution in [1.29, 1.82) is 0 Å². The van der Waals surface area contributed by atoms with Crippen LogP contribution in [0.25, 0.3) is 82.6 Å². The minimum Gasteiger partial charge on any atom is -0.309 e. The molecule has 2 aliphatic rings. The summed E-state index contributed by atoms with van der Waals surface area (Å²) in [7, 11) is 0. The summed E-state index contributed by atoms with van der Waals surface area (Å²) in [5, 5.41) is 14.9. The topological polar surface area (TPSA) is 21.9 Å². The first-order chi connectivity index (χ1) is 26.3. The Labute approximate surface area is 310 Å². The monoisotopic (exact) mass is 695 g/mol. The summed E-state index contributed by atoms with van der Waals surface area (Å²) in [6.45, 7) is 0. The summed E-state index contributed by atoms with van der Waals surface area (Å²) in [6.07, 6.45) is 4.73. The molecule has 0 spiro atoms. The zero-order valence-electron chi connectivity index (χ0n) is 28.8. The van der Waals surface area contributed by atoms with Crippen LogP contribution in [0.5, 0.6) is 0 Å². The van der Waals surface area contributed by atoms with Crippen molar-refractivity contribution < 1.29 is 0 Å². The Balaban J connectivity index is 1.11. The molecule has 0 amide bonds. The Morgan fingerprint density at radius 1 is 0.472 bits per heavy atom. The van der Waals surface area contributed by atoms with Crippen molar-refractivity contribution in [3.63, 3.8) is 0 Å². The van der Waals surface area contributed by atoms with Crippen LogP contribution in [0.15, 0.2) is 170 Å². The number of nitrogens with zero attached hydrogens (tertiary/aromatic N) is 2. The van der Waals surface area contributed by atoms with Crippen molar-refractivity contribution >= 4 is 83.0 Å². The van der Waals surface area contributed by atoms with E-state index in [-0.39, 0.29) is 11.4 Å². The van der Waals surface area contributed by atoms with E-state index in [9.17, 15) is 0 Å². The molecule has 1 aliphatic carbocycles. The van der Waals surface area contributed by atoms with Gasteiger partial charge in [-0.25, -0.2) is 0 Å². The third-order valence-electron chi connectivity index (χ3n) is 11.6. The Morgan fingerprint density at radius 3 is 2.09 bits per heavy atom. The van der Waals surface area contributed by atoms with E-state index in [0.717, 1.165) is 0 Å². The van der Waals surface area contributed by atoms with E-state index in [1.165, 1.54) is 93.2 Å². The van der Waals surface area contributed by atoms with Crippen LogP contribution in [0.1, 0.15) is 28.1 Å². The molecule has 1 saturated heterocycles. The van der Waals surface area contributed by atoms with Crippen LogP contribution >= 0.6 is 11.8 Å². The van der Waals surface area contributed by atoms with E-state index in [4.69, 9.17) is 0 Å². The number of hydrogen-bond acceptors (Lipinski definition) is 2. The van der Waals surface area contributed by atoms with E-state index >= 15 is 0 Å². The molecule has 10 aromatic rings. The molecule has 1 N–H and O–H groups in total. The van der Waals surface area contributed by atoms with Crippen LogP contribution in [0.4, 0.5) is 0 Å². The number of benzene rings is 8. The van der Waals surface area contributed by atoms with Gasteiger partial charge in [0.15, 0.2) is 0 Å². The molecule has 12 rings (SSSR count). The summed E-state index contributed by atoms with van der Waals surface area (Å²) < 4.78 is 4.93. The summed E-state index contributed by atoms with van der Waals surface area (Å²) in [6, 6.07) is 60.8. The number of para-hydroxylation sites is 2. The fraction of sp³-hybridized carbons (Fsp3) is 0.0612. The van der Waals surface area contributed by atoms with E-state index in [1.807, 2.05) is 11.8 Å². The third-order valence-corrected chi connectivity index (χ3v) is 13.1. The lowest BCUT2D eigenvalue weighted by Gasteiger charge is -2.25. The highest BCUT2D eigenvalue weighted by atomic mass is 32.2. The molecule has 53 heavy (non-hydrogen) atoms. The maximum atomic E-state index is 4.02. The second-order valence-electron chi connectivity index (χ2n) is 14.5. The molecule has 8 aromatic carbocycles. The smallest absolute Gasteiger partial charge is 0.0801 e. The summed E-state index contributed by atoms with van der Waals surface area (Å²) in [5.41, 5.74) is 11.3. The Morgan fingerprint density at radius 2 is 1.21 bits per heavy atom. The largest absolute Gasteiger partial charge is 0.309 e. The van der Waals surface area contributed by atoms with Crippen LogP contribution in [0.3, 0.4) is 0 Å². The highest BCUT2D eigenvalue weighted by molar-refractivity contribution is 8.00. The molecule has 1 fully saturated rings. The summed E-state index contributed by atoms with van der Waals surface area (Å²) >= 11 is 2.02. The van der Waals surface area contributed by atoms with Gasteiger partial charge in [0, 0.05) is 44.2 Å². The molecule has 1 aliphatic heterocycles. The van der Waals surface area contributed by atoms with Gasteiger partial charge >= 0.3 is 0 Å². The molecule has 3 atom stereocenters. The third kappa shape index (κ3) is 4.28. The first-order valence-corrected chi connectivity index (χ1v) is 19.4. The summed E-state index contributed by atoms with van der Waals surface area (Å²) in [4.78, 5) is 0. The van der Waals surface area contributed by atoms with Crippen molar-refractivity contribution in [1.82, 2.24) is 14.5 Å². The molecular formula is C49H33N3S. The van der Waals surface area contributed by atoms with Gasteiger partial charge in [0.25, 0.3) is 0 Å². The highest BCUT2D eigenvalue weighted by Gasteiger charge is 2.38. The number of thioether (sulfide) groups is 1. The SMILES string of the molecule is C1=CC2SC(c3ccccc3)NC2c2c1ccc1cc(-n3c4cc5c(cc4c4c6ccccc6ccc43)c3ccccc3n5-c3ccccc3)ccc21. The lowest BCUT2D eigenvalue weighted by molar-refractivity contribution is 0.575. The molecule has 250 valence electrons. The second kappa shape index (κ2) is 11.2. The molecule has 0 radical (unpaired) electrons. The normalized spacial score (nSPS) is 18.2. The number of nitrogens with one attached hydrogen (secondary N) is 1. The molecule has 3 heterocycles. The lowest BCUT2D eigenvalue weighted by Crippen LogP contribution is -2.24. The Hall–Kier alpha value is -6.07. The first kappa shape index (κ1) is 29.5. The quantitative estimate of drug-likeness (QED) is 0.199. The molecule has 2 aromatic heterocycles. The Bertz CT molecular complexity index is 3140. The zero-order chi connectivity index (χ0) is 34.6. The fourth-order valence-corrected chi connectivity index (χ4v) is 10.7. The highest BCUT2D eigenvalue weighted by Crippen LogP contribution is 2.50. The van der Waals surface area contributed by atoms with E-state index in [1.54, 1.807) is 0 Å². The second-order valence-corrected chi connectivity index (χ2v) is 15.7. The van der Waals surface area contributed by atoms with Crippen molar-refractivity contribution in [2.24, 2.45) is 0 Å². The standard InChI is InChI=1S/C49H33N3S/c1-3-12-32(13-4-1)49-50-48-45(53-49)26-22-31-19-20-33-27-35(23-24-37(33)46(31)48)52-42-25-21-30-11-7-8-16-36(30)47(42)40-28-39-38-17-9-10-18-41(38)51(43(39)29-44(40)52)34-14-5-2-6-15-34/h1-29,45,48-50H. The van der Waals surface area contributed by atoms with Crippen LogP contribution in [-0.4, -0.2) is 14.4 Å². The van der Waals surface area contributed by atoms with Crippen LogP contribution in [0, 0.1) is 0 Å². The van der Waals surface area contributed by atoms with Gasteiger partial charge in [-0.3, -0.25) is 5.32 Å². The molecular weight excluding hydrogens is 663 g/mol. The molecule has 0 saturated carbocycles. The maximum Gasteiger partial charge on any atom is 0.0801 e. The first-order valence-electron chi connectivity index (χ1n) is 18.4. The van der Waals surface area contributed by atoms with Crippen LogP contribution in [0.2, 0.25) is 0 Å². The average Bonchev–Trinajstić information content (AvgIpc) is 3.90. The molecule has 3 nitrogen and oxygen atoms in total. The molecule has 0 bridgehead atoms. The van der Waals surface area contributed by atoms with Crippen molar-refractivity contribution in [3.05, 3.63) is 187 Å². The minimum absolute atomic E-state index is 0.257. The predicted molar refractivity (Wildman–Crippen MR) is 226 cm³/mol. The van der Waals surface area contributed by atoms with Gasteiger partial charge in [0.2, 0.25) is 0 Å². The van der Waals surface area contributed by atoms with Gasteiger partial charge in [-0.05, 0) is 86.8 Å². The average molecular weight is 696 g/mol.